The molecule has 3 amide bonds. The largest absolute Gasteiger partial charge is 0.335 e. The van der Waals surface area contributed by atoms with Gasteiger partial charge in [0.25, 0.3) is 5.56 Å². The van der Waals surface area contributed by atoms with Gasteiger partial charge >= 0.3 is 6.03 Å². The molecule has 0 bridgehead atoms. The van der Waals surface area contributed by atoms with Crippen LogP contribution in [-0.2, 0) is 11.3 Å². The minimum Gasteiger partial charge on any atom is -0.335 e. The number of likely N-dealkylation sites (N-methyl/N-ethyl adjacent to an activating group) is 1. The number of amides is 3. The number of H-pyrrole nitrogens is 1. The topological polar surface area (TPSA) is 89.9 Å². The third-order valence-corrected chi connectivity index (χ3v) is 5.81. The number of halogens is 3. The molecule has 1 aliphatic heterocycles. The molecular formula is C23H18F3N5O3. The molecular weight excluding hydrogens is 451 g/mol. The molecule has 1 unspecified atom stereocenters. The Morgan fingerprint density at radius 1 is 1.15 bits per heavy atom. The van der Waals surface area contributed by atoms with Crippen molar-refractivity contribution in [2.45, 2.75) is 19.5 Å². The van der Waals surface area contributed by atoms with Crippen molar-refractivity contribution in [2.24, 2.45) is 0 Å². The number of nitrogens with one attached hydrogen (secondary N) is 2. The van der Waals surface area contributed by atoms with Gasteiger partial charge in [-0.3, -0.25) is 9.59 Å². The number of aromatic amines is 1. The second-order valence-electron chi connectivity index (χ2n) is 7.89. The summed E-state index contributed by atoms with van der Waals surface area (Å²) in [7, 11) is 1.43. The number of carbonyl (C=O) groups excluding carboxylic acids is 2. The average molecular weight is 469 g/mol. The molecule has 0 saturated carbocycles. The fraction of sp³-hybridized carbons (Fsp3) is 0.217. The van der Waals surface area contributed by atoms with Crippen LogP contribution in [0.25, 0.3) is 15.6 Å². The van der Waals surface area contributed by atoms with Crippen LogP contribution in [0.1, 0.15) is 24.2 Å². The van der Waals surface area contributed by atoms with Crippen LogP contribution in [-0.4, -0.2) is 40.3 Å². The normalized spacial score (nSPS) is 14.9. The maximum Gasteiger partial charge on any atom is 0.322 e. The average Bonchev–Trinajstić information content (AvgIpc) is 2.80. The Morgan fingerprint density at radius 2 is 1.82 bits per heavy atom. The first kappa shape index (κ1) is 22.8. The molecule has 3 aromatic rings. The molecule has 11 heteroatoms. The molecule has 1 atom stereocenters. The van der Waals surface area contributed by atoms with Gasteiger partial charge < -0.3 is 20.1 Å². The Kier molecular flexibility index (Phi) is 5.75. The summed E-state index contributed by atoms with van der Waals surface area (Å²) in [6.45, 7) is 8.40. The molecule has 8 nitrogen and oxygen atoms in total. The first-order chi connectivity index (χ1) is 16.1. The van der Waals surface area contributed by atoms with Crippen molar-refractivity contribution in [3.63, 3.8) is 0 Å². The van der Waals surface area contributed by atoms with Gasteiger partial charge in [-0.1, -0.05) is 0 Å². The first-order valence-corrected chi connectivity index (χ1v) is 10.1. The molecule has 0 saturated heterocycles. The van der Waals surface area contributed by atoms with E-state index in [4.69, 9.17) is 6.57 Å². The van der Waals surface area contributed by atoms with Crippen LogP contribution >= 0.6 is 0 Å². The highest BCUT2D eigenvalue weighted by molar-refractivity contribution is 5.92. The van der Waals surface area contributed by atoms with E-state index in [0.29, 0.717) is 11.3 Å². The van der Waals surface area contributed by atoms with E-state index < -0.39 is 35.1 Å². The Labute approximate surface area is 191 Å². The van der Waals surface area contributed by atoms with Crippen LogP contribution in [0.2, 0.25) is 0 Å². The summed E-state index contributed by atoms with van der Waals surface area (Å²) in [5, 5.41) is 2.60. The zero-order valence-electron chi connectivity index (χ0n) is 18.1. The van der Waals surface area contributed by atoms with Crippen molar-refractivity contribution in [3.8, 4) is 0 Å². The van der Waals surface area contributed by atoms with Crippen LogP contribution < -0.4 is 10.9 Å². The van der Waals surface area contributed by atoms with Crippen LogP contribution in [0.15, 0.2) is 35.1 Å². The van der Waals surface area contributed by atoms with Crippen molar-refractivity contribution < 1.29 is 22.8 Å². The van der Waals surface area contributed by atoms with E-state index in [2.05, 4.69) is 15.1 Å². The number of hydrogen-bond acceptors (Lipinski definition) is 3. The van der Waals surface area contributed by atoms with Gasteiger partial charge in [0, 0.05) is 37.5 Å². The Hall–Kier alpha value is -4.33. The van der Waals surface area contributed by atoms with Crippen LogP contribution in [0.4, 0.5) is 29.3 Å². The fourth-order valence-corrected chi connectivity index (χ4v) is 4.04. The lowest BCUT2D eigenvalue weighted by Crippen LogP contribution is -2.46. The number of nitrogens with zero attached hydrogens (tertiary/aromatic N) is 3. The van der Waals surface area contributed by atoms with Gasteiger partial charge in [0.05, 0.1) is 24.5 Å². The lowest BCUT2D eigenvalue weighted by molar-refractivity contribution is -0.130. The predicted octanol–water partition coefficient (Wildman–Crippen LogP) is 4.06. The van der Waals surface area contributed by atoms with Gasteiger partial charge in [0.1, 0.15) is 5.82 Å². The SMILES string of the molecule is [C-]#[N+]c1cc(NC(=O)N(C)C2CN(C(C)=O)Cc3[nH]c(=O)c4cc(F)c(F)cc4c32)ccc1F. The molecule has 2 aromatic carbocycles. The number of fused-ring (bicyclic) bond motifs is 3. The van der Waals surface area contributed by atoms with E-state index in [1.807, 2.05) is 0 Å². The monoisotopic (exact) mass is 469 g/mol. The summed E-state index contributed by atoms with van der Waals surface area (Å²) in [5.74, 6) is -3.38. The van der Waals surface area contributed by atoms with E-state index in [0.717, 1.165) is 18.2 Å². The van der Waals surface area contributed by atoms with E-state index >= 15 is 0 Å². The van der Waals surface area contributed by atoms with Crippen LogP contribution in [0, 0.1) is 24.0 Å². The number of anilines is 1. The minimum absolute atomic E-state index is 0.0210. The maximum atomic E-state index is 14.1. The van der Waals surface area contributed by atoms with Crippen molar-refractivity contribution in [3.05, 3.63) is 80.8 Å². The van der Waals surface area contributed by atoms with E-state index in [-0.39, 0.29) is 41.1 Å². The highest BCUT2D eigenvalue weighted by atomic mass is 19.2. The zero-order valence-corrected chi connectivity index (χ0v) is 18.1. The second-order valence-corrected chi connectivity index (χ2v) is 7.89. The summed E-state index contributed by atoms with van der Waals surface area (Å²) in [6, 6.07) is 3.72. The van der Waals surface area contributed by atoms with Crippen LogP contribution in [0.3, 0.4) is 0 Å². The summed E-state index contributed by atoms with van der Waals surface area (Å²) in [4.78, 5) is 46.0. The third kappa shape index (κ3) is 3.94. The molecule has 34 heavy (non-hydrogen) atoms. The number of carbonyl (C=O) groups is 2. The van der Waals surface area contributed by atoms with Gasteiger partial charge in [-0.25, -0.2) is 22.8 Å². The first-order valence-electron chi connectivity index (χ1n) is 10.1. The Morgan fingerprint density at radius 3 is 2.47 bits per heavy atom. The lowest BCUT2D eigenvalue weighted by atomic mass is 9.93. The van der Waals surface area contributed by atoms with Gasteiger partial charge in [0.2, 0.25) is 11.6 Å². The minimum atomic E-state index is -1.19. The molecule has 1 aliphatic rings. The smallest absolute Gasteiger partial charge is 0.322 e. The molecule has 1 aromatic heterocycles. The lowest BCUT2D eigenvalue weighted by Gasteiger charge is -2.39. The van der Waals surface area contributed by atoms with Crippen LogP contribution in [0.5, 0.6) is 0 Å². The number of benzene rings is 2. The fourth-order valence-electron chi connectivity index (χ4n) is 4.04. The standard InChI is InChI=1S/C23H18F3N5O3/c1-11(32)31-9-19-21(13-7-16(25)17(26)8-14(13)22(33)29-19)20(10-31)30(3)23(34)28-12-4-5-15(24)18(6-12)27-2/h4-8,20H,9-10H2,1,3H3,(H,28,34)(H,29,33). The highest BCUT2D eigenvalue weighted by Gasteiger charge is 2.34. The summed E-state index contributed by atoms with van der Waals surface area (Å²) in [6.07, 6.45) is 0. The maximum absolute atomic E-state index is 14.1. The molecule has 0 spiro atoms. The summed E-state index contributed by atoms with van der Waals surface area (Å²) < 4.78 is 41.6. The molecule has 2 N–H and O–H groups in total. The molecule has 0 aliphatic carbocycles. The quantitative estimate of drug-likeness (QED) is 0.555. The Balaban J connectivity index is 1.79. The highest BCUT2D eigenvalue weighted by Crippen LogP contribution is 2.35. The molecule has 2 heterocycles. The molecule has 0 fully saturated rings. The molecule has 174 valence electrons. The van der Waals surface area contributed by atoms with Gasteiger partial charge in [-0.2, -0.15) is 0 Å². The predicted molar refractivity (Wildman–Crippen MR) is 118 cm³/mol. The van der Waals surface area contributed by atoms with Crippen molar-refractivity contribution in [2.75, 3.05) is 18.9 Å². The van der Waals surface area contributed by atoms with E-state index in [1.165, 1.54) is 35.9 Å². The number of urea groups is 1. The van der Waals surface area contributed by atoms with Gasteiger partial charge in [-0.15, -0.1) is 0 Å². The number of pyridine rings is 1. The van der Waals surface area contributed by atoms with Gasteiger partial charge in [0.15, 0.2) is 11.6 Å². The van der Waals surface area contributed by atoms with E-state index in [9.17, 15) is 27.6 Å². The summed E-state index contributed by atoms with van der Waals surface area (Å²) >= 11 is 0. The van der Waals surface area contributed by atoms with Crippen molar-refractivity contribution in [1.29, 1.82) is 0 Å². The molecule has 0 radical (unpaired) electrons. The van der Waals surface area contributed by atoms with Gasteiger partial charge in [-0.05, 0) is 35.7 Å². The summed E-state index contributed by atoms with van der Waals surface area (Å²) in [5.41, 5.74) is -0.0754. The van der Waals surface area contributed by atoms with Crippen molar-refractivity contribution >= 4 is 34.1 Å². The number of hydrogen-bond donors (Lipinski definition) is 2. The van der Waals surface area contributed by atoms with Crippen molar-refractivity contribution in [1.82, 2.24) is 14.8 Å². The number of rotatable bonds is 2. The molecule has 4 rings (SSSR count). The third-order valence-electron chi connectivity index (χ3n) is 5.81. The number of aromatic nitrogens is 1. The Bertz CT molecular complexity index is 1450. The second kappa shape index (κ2) is 8.55. The zero-order chi connectivity index (χ0) is 24.7. The van der Waals surface area contributed by atoms with E-state index in [1.54, 1.807) is 0 Å².